The van der Waals surface area contributed by atoms with Crippen LogP contribution in [0.2, 0.25) is 0 Å². The smallest absolute Gasteiger partial charge is 0.414 e. The summed E-state index contributed by atoms with van der Waals surface area (Å²) in [6, 6.07) is 12.0. The zero-order valence-corrected chi connectivity index (χ0v) is 16.8. The molecular formula is C22H25ClF2N2O2. The Balaban J connectivity index is 0.00000240. The molecule has 2 unspecified atom stereocenters. The number of nitrogens with one attached hydrogen (secondary N) is 1. The lowest BCUT2D eigenvalue weighted by Gasteiger charge is -2.31. The number of amides is 1. The number of benzene rings is 2. The Kier molecular flexibility index (Phi) is 7.09. The Labute approximate surface area is 175 Å². The first-order valence-corrected chi connectivity index (χ1v) is 9.76. The van der Waals surface area contributed by atoms with Gasteiger partial charge in [-0.05, 0) is 62.0 Å². The zero-order chi connectivity index (χ0) is 19.5. The topological polar surface area (TPSA) is 41.6 Å². The second-order valence-corrected chi connectivity index (χ2v) is 7.65. The van der Waals surface area contributed by atoms with Crippen LogP contribution in [0.4, 0.5) is 19.3 Å². The lowest BCUT2D eigenvalue weighted by atomic mass is 9.87. The summed E-state index contributed by atoms with van der Waals surface area (Å²) in [4.78, 5) is 14.2. The first kappa shape index (κ1) is 21.5. The molecule has 1 saturated carbocycles. The maximum Gasteiger partial charge on any atom is 0.414 e. The third-order valence-electron chi connectivity index (χ3n) is 5.96. The van der Waals surface area contributed by atoms with Crippen molar-refractivity contribution in [2.45, 2.75) is 19.4 Å². The molecule has 1 saturated heterocycles. The van der Waals surface area contributed by atoms with E-state index in [9.17, 15) is 13.6 Å². The molecule has 4 nitrogen and oxygen atoms in total. The van der Waals surface area contributed by atoms with Crippen LogP contribution in [0, 0.1) is 29.4 Å². The van der Waals surface area contributed by atoms with Crippen LogP contribution < -0.4 is 10.2 Å². The highest BCUT2D eigenvalue weighted by atomic mass is 35.5. The number of anilines is 1. The summed E-state index contributed by atoms with van der Waals surface area (Å²) in [6.45, 7) is 2.25. The van der Waals surface area contributed by atoms with Gasteiger partial charge in [-0.2, -0.15) is 0 Å². The molecule has 7 heteroatoms. The summed E-state index contributed by atoms with van der Waals surface area (Å²) in [5.74, 6) is 0.544. The summed E-state index contributed by atoms with van der Waals surface area (Å²) in [7, 11) is 0. The van der Waals surface area contributed by atoms with E-state index < -0.39 is 17.7 Å². The molecule has 2 aromatic rings. The number of hydrogen-bond donors (Lipinski definition) is 1. The van der Waals surface area contributed by atoms with Crippen LogP contribution in [-0.2, 0) is 11.3 Å². The number of halogens is 3. The second kappa shape index (κ2) is 9.55. The van der Waals surface area contributed by atoms with E-state index in [0.717, 1.165) is 25.9 Å². The van der Waals surface area contributed by atoms with Gasteiger partial charge in [0.1, 0.15) is 11.6 Å². The van der Waals surface area contributed by atoms with E-state index in [1.807, 2.05) is 0 Å². The van der Waals surface area contributed by atoms with Crippen molar-refractivity contribution < 1.29 is 18.3 Å². The van der Waals surface area contributed by atoms with Crippen LogP contribution in [0.25, 0.3) is 0 Å². The number of nitrogens with zero attached hydrogens (tertiary/aromatic N) is 1. The Bertz CT molecular complexity index is 835. The van der Waals surface area contributed by atoms with Crippen LogP contribution in [0.15, 0.2) is 48.5 Å². The Hall–Kier alpha value is -2.18. The van der Waals surface area contributed by atoms with Crippen LogP contribution >= 0.6 is 12.4 Å². The lowest BCUT2D eigenvalue weighted by Crippen LogP contribution is -2.41. The van der Waals surface area contributed by atoms with Gasteiger partial charge in [0, 0.05) is 11.5 Å². The largest absolute Gasteiger partial charge is 0.449 e. The van der Waals surface area contributed by atoms with E-state index in [4.69, 9.17) is 4.74 Å². The highest BCUT2D eigenvalue weighted by Gasteiger charge is 2.39. The predicted molar refractivity (Wildman–Crippen MR) is 110 cm³/mol. The van der Waals surface area contributed by atoms with Crippen LogP contribution in [0.3, 0.4) is 0 Å². The molecule has 1 heterocycles. The molecular weight excluding hydrogens is 398 g/mol. The van der Waals surface area contributed by atoms with Gasteiger partial charge >= 0.3 is 6.09 Å². The van der Waals surface area contributed by atoms with E-state index in [0.29, 0.717) is 35.6 Å². The van der Waals surface area contributed by atoms with Gasteiger partial charge in [0.2, 0.25) is 0 Å². The van der Waals surface area contributed by atoms with Crippen molar-refractivity contribution in [3.05, 3.63) is 65.7 Å². The van der Waals surface area contributed by atoms with E-state index >= 15 is 0 Å². The summed E-state index contributed by atoms with van der Waals surface area (Å²) >= 11 is 0. The molecule has 2 bridgehead atoms. The van der Waals surface area contributed by atoms with Crippen molar-refractivity contribution in [2.75, 3.05) is 24.6 Å². The number of carbonyl (C=O) groups excluding carboxylic acids is 1. The number of carbonyl (C=O) groups is 1. The molecule has 0 radical (unpaired) electrons. The lowest BCUT2D eigenvalue weighted by molar-refractivity contribution is 0.0968. The van der Waals surface area contributed by atoms with Crippen molar-refractivity contribution in [1.29, 1.82) is 0 Å². The quantitative estimate of drug-likeness (QED) is 0.754. The van der Waals surface area contributed by atoms with Gasteiger partial charge in [0.15, 0.2) is 0 Å². The Morgan fingerprint density at radius 1 is 1.07 bits per heavy atom. The minimum absolute atomic E-state index is 0. The normalized spacial score (nSPS) is 22.6. The van der Waals surface area contributed by atoms with Gasteiger partial charge < -0.3 is 10.1 Å². The van der Waals surface area contributed by atoms with Gasteiger partial charge in [0.05, 0.1) is 18.8 Å². The van der Waals surface area contributed by atoms with Crippen molar-refractivity contribution in [2.24, 2.45) is 17.8 Å². The van der Waals surface area contributed by atoms with Crippen LogP contribution in [-0.4, -0.2) is 25.8 Å². The summed E-state index contributed by atoms with van der Waals surface area (Å²) in [6.07, 6.45) is 1.73. The minimum Gasteiger partial charge on any atom is -0.449 e. The molecule has 1 aliphatic heterocycles. The van der Waals surface area contributed by atoms with Crippen LogP contribution in [0.5, 0.6) is 0 Å². The van der Waals surface area contributed by atoms with E-state index in [2.05, 4.69) is 5.32 Å². The first-order chi connectivity index (χ1) is 13.6. The molecule has 1 aliphatic carbocycles. The summed E-state index contributed by atoms with van der Waals surface area (Å²) in [5, 5.41) is 3.42. The monoisotopic (exact) mass is 422 g/mol. The molecule has 29 heavy (non-hydrogen) atoms. The maximum atomic E-state index is 14.1. The standard InChI is InChI=1S/C22H24F2N2O2.ClH/c23-18-5-3-6-19(10-18)26(13-17-4-1-2-7-21(17)24)22(27)28-14-20-15-8-9-16(20)12-25-11-15;/h1-7,10,15-16,20,25H,8-9,11-14H2;1H. The first-order valence-electron chi connectivity index (χ1n) is 9.76. The fourth-order valence-electron chi connectivity index (χ4n) is 4.42. The van der Waals surface area contributed by atoms with Crippen molar-refractivity contribution >= 4 is 24.2 Å². The summed E-state index contributed by atoms with van der Waals surface area (Å²) in [5.41, 5.74) is 0.701. The summed E-state index contributed by atoms with van der Waals surface area (Å²) < 4.78 is 33.5. The van der Waals surface area contributed by atoms with Crippen molar-refractivity contribution in [3.63, 3.8) is 0 Å². The number of hydrogen-bond acceptors (Lipinski definition) is 3. The number of rotatable bonds is 5. The van der Waals surface area contributed by atoms with Crippen molar-refractivity contribution in [3.8, 4) is 0 Å². The molecule has 0 aromatic heterocycles. The number of fused-ring (bicyclic) bond motifs is 2. The van der Waals surface area contributed by atoms with E-state index in [1.165, 1.54) is 29.2 Å². The maximum absolute atomic E-state index is 14.1. The van der Waals surface area contributed by atoms with E-state index in [1.54, 1.807) is 24.3 Å². The number of ether oxygens (including phenoxy) is 1. The average Bonchev–Trinajstić information content (AvgIpc) is 2.91. The molecule has 2 aromatic carbocycles. The third-order valence-corrected chi connectivity index (χ3v) is 5.96. The Morgan fingerprint density at radius 3 is 2.48 bits per heavy atom. The predicted octanol–water partition coefficient (Wildman–Crippen LogP) is 4.78. The van der Waals surface area contributed by atoms with Gasteiger partial charge in [-0.1, -0.05) is 24.3 Å². The molecule has 1 amide bonds. The molecule has 2 aliphatic rings. The van der Waals surface area contributed by atoms with Gasteiger partial charge in [-0.25, -0.2) is 13.6 Å². The zero-order valence-electron chi connectivity index (χ0n) is 16.0. The third kappa shape index (κ3) is 4.87. The minimum atomic E-state index is -0.577. The van der Waals surface area contributed by atoms with Gasteiger partial charge in [0.25, 0.3) is 0 Å². The number of piperidine rings is 1. The Morgan fingerprint density at radius 2 is 1.79 bits per heavy atom. The van der Waals surface area contributed by atoms with Crippen molar-refractivity contribution in [1.82, 2.24) is 5.32 Å². The highest BCUT2D eigenvalue weighted by Crippen LogP contribution is 2.39. The molecule has 2 fully saturated rings. The molecule has 2 atom stereocenters. The molecule has 1 N–H and O–H groups in total. The van der Waals surface area contributed by atoms with Crippen LogP contribution in [0.1, 0.15) is 18.4 Å². The van der Waals surface area contributed by atoms with Gasteiger partial charge in [-0.3, -0.25) is 4.90 Å². The SMILES string of the molecule is Cl.O=C(OCC1C2CCC1CNC2)N(Cc1ccccc1F)c1cccc(F)c1. The highest BCUT2D eigenvalue weighted by molar-refractivity contribution is 5.87. The second-order valence-electron chi connectivity index (χ2n) is 7.65. The average molecular weight is 423 g/mol. The molecule has 4 rings (SSSR count). The fraction of sp³-hybridized carbons (Fsp3) is 0.409. The molecule has 0 spiro atoms. The fourth-order valence-corrected chi connectivity index (χ4v) is 4.42. The van der Waals surface area contributed by atoms with E-state index in [-0.39, 0.29) is 19.0 Å². The van der Waals surface area contributed by atoms with Gasteiger partial charge in [-0.15, -0.1) is 12.4 Å². The molecule has 156 valence electrons.